The molecule has 114 valence electrons. The van der Waals surface area contributed by atoms with Crippen molar-refractivity contribution in [1.29, 1.82) is 0 Å². The number of nitrogens with one attached hydrogen (secondary N) is 1. The first-order chi connectivity index (χ1) is 9.49. The van der Waals surface area contributed by atoms with E-state index in [9.17, 15) is 5.11 Å². The SMILES string of the molecule is CCOc1c(Cl)cc(CNC(C)(CC)CO)cc1OC. The molecule has 0 aliphatic heterocycles. The Labute approximate surface area is 126 Å². The van der Waals surface area contributed by atoms with Gasteiger partial charge in [-0.15, -0.1) is 0 Å². The van der Waals surface area contributed by atoms with Crippen LogP contribution in [0.5, 0.6) is 11.5 Å². The summed E-state index contributed by atoms with van der Waals surface area (Å²) in [6.45, 7) is 7.15. The highest BCUT2D eigenvalue weighted by atomic mass is 35.5. The van der Waals surface area contributed by atoms with Crippen LogP contribution in [0.3, 0.4) is 0 Å². The average Bonchev–Trinajstić information content (AvgIpc) is 2.47. The van der Waals surface area contributed by atoms with Gasteiger partial charge in [0.05, 0.1) is 25.3 Å². The number of aliphatic hydroxyl groups excluding tert-OH is 1. The van der Waals surface area contributed by atoms with Gasteiger partial charge < -0.3 is 19.9 Å². The third kappa shape index (κ3) is 4.27. The third-order valence-corrected chi connectivity index (χ3v) is 3.71. The Balaban J connectivity index is 2.89. The summed E-state index contributed by atoms with van der Waals surface area (Å²) in [5.74, 6) is 1.19. The van der Waals surface area contributed by atoms with Gasteiger partial charge in [0, 0.05) is 12.1 Å². The molecule has 5 heteroatoms. The van der Waals surface area contributed by atoms with Crippen LogP contribution in [0.15, 0.2) is 12.1 Å². The van der Waals surface area contributed by atoms with E-state index >= 15 is 0 Å². The molecule has 20 heavy (non-hydrogen) atoms. The van der Waals surface area contributed by atoms with Crippen molar-refractivity contribution in [1.82, 2.24) is 5.32 Å². The molecule has 0 spiro atoms. The molecule has 0 amide bonds. The number of methoxy groups -OCH3 is 1. The van der Waals surface area contributed by atoms with Crippen molar-refractivity contribution in [2.75, 3.05) is 20.3 Å². The molecule has 0 fully saturated rings. The number of rotatable bonds is 8. The molecule has 1 atom stereocenters. The number of aliphatic hydroxyl groups is 1. The second-order valence-electron chi connectivity index (χ2n) is 4.97. The van der Waals surface area contributed by atoms with E-state index in [-0.39, 0.29) is 12.1 Å². The minimum atomic E-state index is -0.293. The molecule has 0 aliphatic carbocycles. The zero-order valence-corrected chi connectivity index (χ0v) is 13.4. The van der Waals surface area contributed by atoms with Crippen LogP contribution in [0.25, 0.3) is 0 Å². The Morgan fingerprint density at radius 2 is 2.05 bits per heavy atom. The second-order valence-corrected chi connectivity index (χ2v) is 5.38. The molecule has 1 aromatic rings. The fourth-order valence-corrected chi connectivity index (χ4v) is 2.06. The van der Waals surface area contributed by atoms with E-state index in [1.807, 2.05) is 32.9 Å². The van der Waals surface area contributed by atoms with Crippen molar-refractivity contribution in [2.24, 2.45) is 0 Å². The number of benzene rings is 1. The van der Waals surface area contributed by atoms with Crippen LogP contribution in [0, 0.1) is 0 Å². The van der Waals surface area contributed by atoms with E-state index in [4.69, 9.17) is 21.1 Å². The predicted molar refractivity (Wildman–Crippen MR) is 81.8 cm³/mol. The zero-order chi connectivity index (χ0) is 15.2. The molecule has 0 aromatic heterocycles. The van der Waals surface area contributed by atoms with Crippen molar-refractivity contribution in [3.05, 3.63) is 22.7 Å². The Morgan fingerprint density at radius 3 is 2.55 bits per heavy atom. The Kier molecular flexibility index (Phi) is 6.59. The maximum Gasteiger partial charge on any atom is 0.179 e. The van der Waals surface area contributed by atoms with Gasteiger partial charge in [-0.1, -0.05) is 18.5 Å². The molecule has 0 bridgehead atoms. The molecule has 1 rings (SSSR count). The number of ether oxygens (including phenoxy) is 2. The first-order valence-corrected chi connectivity index (χ1v) is 7.22. The van der Waals surface area contributed by atoms with Crippen LogP contribution in [-0.2, 0) is 6.54 Å². The van der Waals surface area contributed by atoms with Gasteiger partial charge in [0.1, 0.15) is 0 Å². The van der Waals surface area contributed by atoms with Gasteiger partial charge in [-0.05, 0) is 38.0 Å². The summed E-state index contributed by atoms with van der Waals surface area (Å²) in [6, 6.07) is 3.76. The largest absolute Gasteiger partial charge is 0.493 e. The minimum Gasteiger partial charge on any atom is -0.493 e. The van der Waals surface area contributed by atoms with Gasteiger partial charge in [-0.2, -0.15) is 0 Å². The van der Waals surface area contributed by atoms with E-state index in [0.29, 0.717) is 29.7 Å². The van der Waals surface area contributed by atoms with Crippen molar-refractivity contribution in [3.63, 3.8) is 0 Å². The maximum atomic E-state index is 9.40. The molecule has 0 radical (unpaired) electrons. The van der Waals surface area contributed by atoms with Crippen LogP contribution >= 0.6 is 11.6 Å². The molecule has 1 aromatic carbocycles. The first kappa shape index (κ1) is 17.1. The average molecular weight is 302 g/mol. The van der Waals surface area contributed by atoms with Crippen molar-refractivity contribution < 1.29 is 14.6 Å². The highest BCUT2D eigenvalue weighted by Crippen LogP contribution is 2.36. The number of hydrogen-bond donors (Lipinski definition) is 2. The topological polar surface area (TPSA) is 50.7 Å². The summed E-state index contributed by atoms with van der Waals surface area (Å²) < 4.78 is 10.8. The van der Waals surface area contributed by atoms with E-state index in [2.05, 4.69) is 5.32 Å². The molecular formula is C15H24ClNO3. The summed E-state index contributed by atoms with van der Waals surface area (Å²) in [6.07, 6.45) is 0.839. The summed E-state index contributed by atoms with van der Waals surface area (Å²) in [4.78, 5) is 0. The minimum absolute atomic E-state index is 0.0887. The van der Waals surface area contributed by atoms with Gasteiger partial charge in [0.15, 0.2) is 11.5 Å². The van der Waals surface area contributed by atoms with Crippen molar-refractivity contribution >= 4 is 11.6 Å². The lowest BCUT2D eigenvalue weighted by Gasteiger charge is -2.27. The monoisotopic (exact) mass is 301 g/mol. The highest BCUT2D eigenvalue weighted by Gasteiger charge is 2.20. The van der Waals surface area contributed by atoms with Crippen LogP contribution in [0.2, 0.25) is 5.02 Å². The van der Waals surface area contributed by atoms with E-state index < -0.39 is 0 Å². The third-order valence-electron chi connectivity index (χ3n) is 3.43. The summed E-state index contributed by atoms with van der Waals surface area (Å²) in [7, 11) is 1.59. The summed E-state index contributed by atoms with van der Waals surface area (Å²) in [5, 5.41) is 13.3. The van der Waals surface area contributed by atoms with Crippen molar-refractivity contribution in [2.45, 2.75) is 39.3 Å². The molecular weight excluding hydrogens is 278 g/mol. The van der Waals surface area contributed by atoms with Gasteiger partial charge in [0.2, 0.25) is 0 Å². The molecule has 1 unspecified atom stereocenters. The molecule has 0 aliphatic rings. The van der Waals surface area contributed by atoms with Gasteiger partial charge in [0.25, 0.3) is 0 Å². The lowest BCUT2D eigenvalue weighted by Crippen LogP contribution is -2.44. The predicted octanol–water partition coefficient (Wildman–Crippen LogP) is 3.00. The summed E-state index contributed by atoms with van der Waals surface area (Å²) >= 11 is 6.23. The summed E-state index contributed by atoms with van der Waals surface area (Å²) in [5.41, 5.74) is 0.696. The van der Waals surface area contributed by atoms with Crippen LogP contribution < -0.4 is 14.8 Å². The van der Waals surface area contributed by atoms with Crippen LogP contribution in [-0.4, -0.2) is 31.0 Å². The Bertz CT molecular complexity index is 433. The fraction of sp³-hybridized carbons (Fsp3) is 0.600. The van der Waals surface area contributed by atoms with E-state index in [1.165, 1.54) is 0 Å². The Hall–Kier alpha value is -0.970. The lowest BCUT2D eigenvalue weighted by molar-refractivity contribution is 0.169. The van der Waals surface area contributed by atoms with E-state index in [1.54, 1.807) is 7.11 Å². The normalized spacial score (nSPS) is 13.9. The molecule has 2 N–H and O–H groups in total. The highest BCUT2D eigenvalue weighted by molar-refractivity contribution is 6.32. The van der Waals surface area contributed by atoms with E-state index in [0.717, 1.165) is 12.0 Å². The quantitative estimate of drug-likeness (QED) is 0.775. The van der Waals surface area contributed by atoms with Crippen molar-refractivity contribution in [3.8, 4) is 11.5 Å². The van der Waals surface area contributed by atoms with Crippen LogP contribution in [0.1, 0.15) is 32.8 Å². The number of halogens is 1. The van der Waals surface area contributed by atoms with Gasteiger partial charge in [-0.25, -0.2) is 0 Å². The molecule has 0 saturated carbocycles. The zero-order valence-electron chi connectivity index (χ0n) is 12.6. The van der Waals surface area contributed by atoms with Crippen LogP contribution in [0.4, 0.5) is 0 Å². The standard InChI is InChI=1S/C15H24ClNO3/c1-5-15(3,10-18)17-9-11-7-12(16)14(20-6-2)13(8-11)19-4/h7-8,17-18H,5-6,9-10H2,1-4H3. The Morgan fingerprint density at radius 1 is 1.35 bits per heavy atom. The smallest absolute Gasteiger partial charge is 0.179 e. The first-order valence-electron chi connectivity index (χ1n) is 6.84. The van der Waals surface area contributed by atoms with Gasteiger partial charge in [-0.3, -0.25) is 0 Å². The number of hydrogen-bond acceptors (Lipinski definition) is 4. The lowest BCUT2D eigenvalue weighted by atomic mass is 10.00. The molecule has 0 heterocycles. The maximum absolute atomic E-state index is 9.40. The molecule has 0 saturated heterocycles. The molecule has 4 nitrogen and oxygen atoms in total. The van der Waals surface area contributed by atoms with Gasteiger partial charge >= 0.3 is 0 Å². The fourth-order valence-electron chi connectivity index (χ4n) is 1.77. The second kappa shape index (κ2) is 7.72.